The summed E-state index contributed by atoms with van der Waals surface area (Å²) in [5, 5.41) is 4.51. The van der Waals surface area contributed by atoms with Crippen molar-refractivity contribution in [3.05, 3.63) is 42.9 Å². The monoisotopic (exact) mass is 365 g/mol. The Labute approximate surface area is 160 Å². The van der Waals surface area contributed by atoms with Gasteiger partial charge in [0.1, 0.15) is 0 Å². The number of rotatable bonds is 6. The van der Waals surface area contributed by atoms with E-state index in [-0.39, 0.29) is 0 Å². The van der Waals surface area contributed by atoms with Gasteiger partial charge in [-0.1, -0.05) is 6.92 Å². The Bertz CT molecular complexity index is 868. The van der Waals surface area contributed by atoms with Crippen molar-refractivity contribution in [3.8, 4) is 11.3 Å². The summed E-state index contributed by atoms with van der Waals surface area (Å²) in [7, 11) is 0. The SMILES string of the molecule is CCCn1ncc(-c2ccnc(N3CCC[C@@H](Cn4ccnc4)C3)n2)c1C. The van der Waals surface area contributed by atoms with E-state index in [1.165, 1.54) is 12.8 Å². The predicted octanol–water partition coefficient (Wildman–Crippen LogP) is 3.17. The molecular formula is C20H27N7. The lowest BCUT2D eigenvalue weighted by molar-refractivity contribution is 0.364. The lowest BCUT2D eigenvalue weighted by Gasteiger charge is -2.33. The van der Waals surface area contributed by atoms with E-state index in [9.17, 15) is 0 Å². The van der Waals surface area contributed by atoms with Crippen LogP contribution in [-0.2, 0) is 13.1 Å². The van der Waals surface area contributed by atoms with Crippen LogP contribution in [0.15, 0.2) is 37.2 Å². The Kier molecular flexibility index (Phi) is 5.18. The van der Waals surface area contributed by atoms with Gasteiger partial charge < -0.3 is 9.47 Å². The quantitative estimate of drug-likeness (QED) is 0.671. The van der Waals surface area contributed by atoms with E-state index < -0.39 is 0 Å². The second-order valence-corrected chi connectivity index (χ2v) is 7.32. The Morgan fingerprint density at radius 2 is 2.19 bits per heavy atom. The number of anilines is 1. The molecule has 0 bridgehead atoms. The molecule has 0 unspecified atom stereocenters. The number of aryl methyl sites for hydroxylation is 1. The molecule has 3 aromatic heterocycles. The molecule has 1 fully saturated rings. The molecule has 27 heavy (non-hydrogen) atoms. The fraction of sp³-hybridized carbons (Fsp3) is 0.500. The smallest absolute Gasteiger partial charge is 0.225 e. The molecule has 3 aromatic rings. The summed E-state index contributed by atoms with van der Waals surface area (Å²) in [6.45, 7) is 8.21. The molecule has 1 aliphatic heterocycles. The van der Waals surface area contributed by atoms with Crippen LogP contribution in [0.3, 0.4) is 0 Å². The first-order chi connectivity index (χ1) is 13.2. The van der Waals surface area contributed by atoms with Crippen molar-refractivity contribution in [2.24, 2.45) is 5.92 Å². The van der Waals surface area contributed by atoms with Crippen LogP contribution in [0, 0.1) is 12.8 Å². The minimum atomic E-state index is 0.592. The van der Waals surface area contributed by atoms with Crippen LogP contribution in [0.4, 0.5) is 5.95 Å². The van der Waals surface area contributed by atoms with Crippen molar-refractivity contribution in [2.45, 2.75) is 46.2 Å². The molecule has 0 radical (unpaired) electrons. The lowest BCUT2D eigenvalue weighted by Crippen LogP contribution is -2.38. The molecule has 0 spiro atoms. The summed E-state index contributed by atoms with van der Waals surface area (Å²) in [6.07, 6.45) is 13.0. The summed E-state index contributed by atoms with van der Waals surface area (Å²) in [5.41, 5.74) is 3.22. The van der Waals surface area contributed by atoms with Crippen molar-refractivity contribution < 1.29 is 0 Å². The van der Waals surface area contributed by atoms with Crippen molar-refractivity contribution in [2.75, 3.05) is 18.0 Å². The van der Waals surface area contributed by atoms with Gasteiger partial charge in [0, 0.05) is 56.0 Å². The largest absolute Gasteiger partial charge is 0.340 e. The standard InChI is InChI=1S/C20H27N7/c1-3-9-27-16(2)18(12-23-27)19-6-7-22-20(24-19)26-10-4-5-17(14-26)13-25-11-8-21-15-25/h6-8,11-12,15,17H,3-5,9-10,13-14H2,1-2H3/t17-/m0/s1. The Morgan fingerprint density at radius 3 is 3.00 bits per heavy atom. The van der Waals surface area contributed by atoms with Gasteiger partial charge in [-0.25, -0.2) is 15.0 Å². The molecule has 7 nitrogen and oxygen atoms in total. The Balaban J connectivity index is 1.51. The first-order valence-corrected chi connectivity index (χ1v) is 9.81. The van der Waals surface area contributed by atoms with Crippen LogP contribution in [0.2, 0.25) is 0 Å². The molecule has 142 valence electrons. The zero-order valence-electron chi connectivity index (χ0n) is 16.1. The van der Waals surface area contributed by atoms with Crippen molar-refractivity contribution >= 4 is 5.95 Å². The molecule has 0 amide bonds. The highest BCUT2D eigenvalue weighted by Gasteiger charge is 2.22. The zero-order chi connectivity index (χ0) is 18.6. The third-order valence-corrected chi connectivity index (χ3v) is 5.29. The second kappa shape index (κ2) is 7.90. The summed E-state index contributed by atoms with van der Waals surface area (Å²) < 4.78 is 4.22. The summed E-state index contributed by atoms with van der Waals surface area (Å²) >= 11 is 0. The molecule has 0 aliphatic carbocycles. The molecule has 0 saturated carbocycles. The first-order valence-electron chi connectivity index (χ1n) is 9.81. The van der Waals surface area contributed by atoms with Crippen molar-refractivity contribution in [3.63, 3.8) is 0 Å². The maximum atomic E-state index is 4.87. The van der Waals surface area contributed by atoms with Gasteiger partial charge in [-0.15, -0.1) is 0 Å². The molecule has 4 heterocycles. The number of hydrogen-bond acceptors (Lipinski definition) is 5. The lowest BCUT2D eigenvalue weighted by atomic mass is 9.98. The molecule has 4 rings (SSSR count). The first kappa shape index (κ1) is 17.7. The molecule has 0 aromatic carbocycles. The number of nitrogens with zero attached hydrogens (tertiary/aromatic N) is 7. The molecule has 1 atom stereocenters. The molecule has 0 N–H and O–H groups in total. The van der Waals surface area contributed by atoms with E-state index in [0.29, 0.717) is 5.92 Å². The fourth-order valence-electron chi connectivity index (χ4n) is 3.87. The third-order valence-electron chi connectivity index (χ3n) is 5.29. The van der Waals surface area contributed by atoms with Crippen LogP contribution in [0.5, 0.6) is 0 Å². The molecule has 1 aliphatic rings. The highest BCUT2D eigenvalue weighted by atomic mass is 15.3. The Hall–Kier alpha value is -2.70. The van der Waals surface area contributed by atoms with Crippen LogP contribution in [-0.4, -0.2) is 42.4 Å². The second-order valence-electron chi connectivity index (χ2n) is 7.32. The van der Waals surface area contributed by atoms with Gasteiger partial charge in [0.25, 0.3) is 0 Å². The maximum absolute atomic E-state index is 4.87. The zero-order valence-corrected chi connectivity index (χ0v) is 16.1. The van der Waals surface area contributed by atoms with Crippen molar-refractivity contribution in [1.82, 2.24) is 29.3 Å². The third kappa shape index (κ3) is 3.86. The number of imidazole rings is 1. The Morgan fingerprint density at radius 1 is 1.26 bits per heavy atom. The average Bonchev–Trinajstić information content (AvgIpc) is 3.33. The van der Waals surface area contributed by atoms with E-state index in [2.05, 4.69) is 43.1 Å². The van der Waals surface area contributed by atoms with Gasteiger partial charge in [0.05, 0.1) is 18.2 Å². The van der Waals surface area contributed by atoms with Crippen LogP contribution in [0.25, 0.3) is 11.3 Å². The normalized spacial score (nSPS) is 17.4. The van der Waals surface area contributed by atoms with E-state index in [0.717, 1.165) is 55.5 Å². The number of piperidine rings is 1. The topological polar surface area (TPSA) is 64.7 Å². The van der Waals surface area contributed by atoms with Crippen LogP contribution in [0.1, 0.15) is 31.9 Å². The molecular weight excluding hydrogens is 338 g/mol. The highest BCUT2D eigenvalue weighted by molar-refractivity contribution is 5.62. The predicted molar refractivity (Wildman–Crippen MR) is 105 cm³/mol. The van der Waals surface area contributed by atoms with Gasteiger partial charge in [-0.3, -0.25) is 4.68 Å². The van der Waals surface area contributed by atoms with Crippen LogP contribution >= 0.6 is 0 Å². The van der Waals surface area contributed by atoms with E-state index in [4.69, 9.17) is 4.98 Å². The van der Waals surface area contributed by atoms with Crippen LogP contribution < -0.4 is 4.90 Å². The van der Waals surface area contributed by atoms with Gasteiger partial charge in [-0.2, -0.15) is 5.10 Å². The van der Waals surface area contributed by atoms with Gasteiger partial charge >= 0.3 is 0 Å². The summed E-state index contributed by atoms with van der Waals surface area (Å²) in [6, 6.07) is 1.98. The minimum Gasteiger partial charge on any atom is -0.340 e. The van der Waals surface area contributed by atoms with E-state index in [1.807, 2.05) is 37.2 Å². The van der Waals surface area contributed by atoms with Gasteiger partial charge in [0.2, 0.25) is 5.95 Å². The number of hydrogen-bond donors (Lipinski definition) is 0. The van der Waals surface area contributed by atoms with Gasteiger partial charge in [-0.05, 0) is 38.2 Å². The summed E-state index contributed by atoms with van der Waals surface area (Å²) in [4.78, 5) is 15.9. The average molecular weight is 365 g/mol. The molecule has 7 heteroatoms. The van der Waals surface area contributed by atoms with E-state index >= 15 is 0 Å². The fourth-order valence-corrected chi connectivity index (χ4v) is 3.87. The molecule has 1 saturated heterocycles. The highest BCUT2D eigenvalue weighted by Crippen LogP contribution is 2.25. The maximum Gasteiger partial charge on any atom is 0.225 e. The summed E-state index contributed by atoms with van der Waals surface area (Å²) in [5.74, 6) is 1.42. The minimum absolute atomic E-state index is 0.592. The number of aromatic nitrogens is 6. The van der Waals surface area contributed by atoms with E-state index in [1.54, 1.807) is 0 Å². The van der Waals surface area contributed by atoms with Gasteiger partial charge in [0.15, 0.2) is 0 Å². The van der Waals surface area contributed by atoms with Crippen molar-refractivity contribution in [1.29, 1.82) is 0 Å².